The maximum absolute atomic E-state index is 12.2. The number of hydrogen-bond acceptors (Lipinski definition) is 5. The van der Waals surface area contributed by atoms with Crippen LogP contribution in [-0.4, -0.2) is 36.8 Å². The molecule has 0 aromatic heterocycles. The van der Waals surface area contributed by atoms with Crippen molar-refractivity contribution in [2.75, 3.05) is 23.8 Å². The minimum Gasteiger partial charge on any atom is -0.454 e. The number of hydrogen-bond donors (Lipinski definition) is 3. The van der Waals surface area contributed by atoms with Gasteiger partial charge in [0.15, 0.2) is 6.61 Å². The van der Waals surface area contributed by atoms with Crippen LogP contribution in [0.2, 0.25) is 0 Å². The van der Waals surface area contributed by atoms with Crippen LogP contribution < -0.4 is 16.0 Å². The summed E-state index contributed by atoms with van der Waals surface area (Å²) in [6, 6.07) is 19.3. The number of fused-ring (bicyclic) bond motifs is 1. The van der Waals surface area contributed by atoms with E-state index in [1.807, 2.05) is 30.3 Å². The van der Waals surface area contributed by atoms with Crippen LogP contribution in [0.5, 0.6) is 0 Å². The highest BCUT2D eigenvalue weighted by Gasteiger charge is 2.11. The maximum atomic E-state index is 12.2. The van der Waals surface area contributed by atoms with E-state index in [4.69, 9.17) is 4.74 Å². The molecular weight excluding hydrogens is 398 g/mol. The normalized spacial score (nSPS) is 10.2. The number of esters is 1. The standard InChI is InChI=1S/C23H21N3O5/c1-15(27)25-19-8-10-20(11-9-19)26-21(28)14-31-22(29)13-24-23(30)18-7-6-16-4-2-3-5-17(16)12-18/h2-12H,13-14H2,1H3,(H,24,30)(H,25,27)(H,26,28). The summed E-state index contributed by atoms with van der Waals surface area (Å²) >= 11 is 0. The number of amides is 3. The van der Waals surface area contributed by atoms with Gasteiger partial charge in [0.1, 0.15) is 6.54 Å². The molecule has 158 valence electrons. The first-order chi connectivity index (χ1) is 14.9. The van der Waals surface area contributed by atoms with Crippen LogP contribution >= 0.6 is 0 Å². The fourth-order valence-corrected chi connectivity index (χ4v) is 2.82. The number of carbonyl (C=O) groups excluding carboxylic acids is 4. The van der Waals surface area contributed by atoms with Gasteiger partial charge in [0.2, 0.25) is 5.91 Å². The molecule has 0 saturated heterocycles. The highest BCUT2D eigenvalue weighted by Crippen LogP contribution is 2.15. The van der Waals surface area contributed by atoms with Crippen LogP contribution in [0.3, 0.4) is 0 Å². The summed E-state index contributed by atoms with van der Waals surface area (Å²) < 4.78 is 4.89. The SMILES string of the molecule is CC(=O)Nc1ccc(NC(=O)COC(=O)CNC(=O)c2ccc3ccccc3c2)cc1. The first-order valence-electron chi connectivity index (χ1n) is 9.51. The van der Waals surface area contributed by atoms with E-state index in [9.17, 15) is 19.2 Å². The molecule has 0 radical (unpaired) electrons. The maximum Gasteiger partial charge on any atom is 0.325 e. The zero-order chi connectivity index (χ0) is 22.2. The van der Waals surface area contributed by atoms with Crippen LogP contribution in [0.25, 0.3) is 10.8 Å². The Bertz CT molecular complexity index is 1130. The topological polar surface area (TPSA) is 114 Å². The van der Waals surface area contributed by atoms with Gasteiger partial charge in [0.05, 0.1) is 0 Å². The highest BCUT2D eigenvalue weighted by atomic mass is 16.5. The molecule has 0 saturated carbocycles. The van der Waals surface area contributed by atoms with Crippen molar-refractivity contribution in [3.63, 3.8) is 0 Å². The summed E-state index contributed by atoms with van der Waals surface area (Å²) in [5.41, 5.74) is 1.51. The van der Waals surface area contributed by atoms with Crippen molar-refractivity contribution < 1.29 is 23.9 Å². The molecule has 3 N–H and O–H groups in total. The summed E-state index contributed by atoms with van der Waals surface area (Å²) in [5, 5.41) is 9.59. The lowest BCUT2D eigenvalue weighted by molar-refractivity contribution is -0.146. The number of rotatable bonds is 7. The second-order valence-corrected chi connectivity index (χ2v) is 6.71. The monoisotopic (exact) mass is 419 g/mol. The molecule has 3 rings (SSSR count). The second-order valence-electron chi connectivity index (χ2n) is 6.71. The average molecular weight is 419 g/mol. The second kappa shape index (κ2) is 10.0. The molecule has 0 unspecified atom stereocenters. The Kier molecular flexibility index (Phi) is 6.95. The van der Waals surface area contributed by atoms with Gasteiger partial charge in [-0.1, -0.05) is 30.3 Å². The lowest BCUT2D eigenvalue weighted by atomic mass is 10.1. The van der Waals surface area contributed by atoms with Crippen molar-refractivity contribution in [1.29, 1.82) is 0 Å². The van der Waals surface area contributed by atoms with Crippen molar-refractivity contribution in [3.8, 4) is 0 Å². The van der Waals surface area contributed by atoms with Crippen molar-refractivity contribution in [2.24, 2.45) is 0 Å². The van der Waals surface area contributed by atoms with Crippen molar-refractivity contribution in [1.82, 2.24) is 5.32 Å². The van der Waals surface area contributed by atoms with Crippen LogP contribution in [-0.2, 0) is 19.1 Å². The molecule has 0 atom stereocenters. The Balaban J connectivity index is 1.42. The van der Waals surface area contributed by atoms with E-state index >= 15 is 0 Å². The predicted octanol–water partition coefficient (Wildman–Crippen LogP) is 2.71. The van der Waals surface area contributed by atoms with Gasteiger partial charge < -0.3 is 20.7 Å². The molecule has 8 nitrogen and oxygen atoms in total. The molecule has 8 heteroatoms. The molecule has 0 heterocycles. The molecule has 0 spiro atoms. The van der Waals surface area contributed by atoms with Gasteiger partial charge in [-0.25, -0.2) is 0 Å². The van der Waals surface area contributed by atoms with Crippen molar-refractivity contribution in [3.05, 3.63) is 72.3 Å². The van der Waals surface area contributed by atoms with E-state index in [-0.39, 0.29) is 12.5 Å². The molecule has 0 bridgehead atoms. The van der Waals surface area contributed by atoms with Gasteiger partial charge in [0, 0.05) is 23.9 Å². The zero-order valence-electron chi connectivity index (χ0n) is 16.8. The largest absolute Gasteiger partial charge is 0.454 e. The molecule has 3 aromatic carbocycles. The number of carbonyl (C=O) groups is 4. The van der Waals surface area contributed by atoms with Gasteiger partial charge in [-0.2, -0.15) is 0 Å². The van der Waals surface area contributed by atoms with Crippen LogP contribution in [0, 0.1) is 0 Å². The first-order valence-corrected chi connectivity index (χ1v) is 9.51. The summed E-state index contributed by atoms with van der Waals surface area (Å²) in [6.07, 6.45) is 0. The number of anilines is 2. The van der Waals surface area contributed by atoms with E-state index in [0.29, 0.717) is 16.9 Å². The number of benzene rings is 3. The molecule has 0 aliphatic heterocycles. The van der Waals surface area contributed by atoms with Gasteiger partial charge in [-0.15, -0.1) is 0 Å². The van der Waals surface area contributed by atoms with E-state index in [1.165, 1.54) is 6.92 Å². The van der Waals surface area contributed by atoms with Crippen LogP contribution in [0.1, 0.15) is 17.3 Å². The van der Waals surface area contributed by atoms with Gasteiger partial charge in [-0.3, -0.25) is 19.2 Å². The summed E-state index contributed by atoms with van der Waals surface area (Å²) in [5.74, 6) is -1.87. The summed E-state index contributed by atoms with van der Waals surface area (Å²) in [6.45, 7) is 0.552. The average Bonchev–Trinajstić information content (AvgIpc) is 2.76. The molecular formula is C23H21N3O5. The van der Waals surface area contributed by atoms with Gasteiger partial charge in [-0.05, 0) is 47.2 Å². The third kappa shape index (κ3) is 6.40. The number of ether oxygens (including phenoxy) is 1. The van der Waals surface area contributed by atoms with E-state index in [2.05, 4.69) is 16.0 Å². The fourth-order valence-electron chi connectivity index (χ4n) is 2.82. The molecule has 3 amide bonds. The first kappa shape index (κ1) is 21.5. The van der Waals surface area contributed by atoms with Crippen molar-refractivity contribution >= 4 is 45.8 Å². The lowest BCUT2D eigenvalue weighted by Crippen LogP contribution is -2.32. The minimum absolute atomic E-state index is 0.198. The van der Waals surface area contributed by atoms with E-state index in [1.54, 1.807) is 36.4 Å². The zero-order valence-corrected chi connectivity index (χ0v) is 16.8. The Morgan fingerprint density at radius 1 is 0.806 bits per heavy atom. The van der Waals surface area contributed by atoms with Gasteiger partial charge in [0.25, 0.3) is 11.8 Å². The Morgan fingerprint density at radius 3 is 2.13 bits per heavy atom. The van der Waals surface area contributed by atoms with Crippen LogP contribution in [0.4, 0.5) is 11.4 Å². The molecule has 0 aliphatic rings. The Labute approximate surface area is 178 Å². The third-order valence-electron chi connectivity index (χ3n) is 4.26. The minimum atomic E-state index is -0.731. The number of nitrogens with one attached hydrogen (secondary N) is 3. The highest BCUT2D eigenvalue weighted by molar-refractivity contribution is 6.00. The third-order valence-corrected chi connectivity index (χ3v) is 4.26. The fraction of sp³-hybridized carbons (Fsp3) is 0.130. The van der Waals surface area contributed by atoms with Crippen molar-refractivity contribution in [2.45, 2.75) is 6.92 Å². The molecule has 31 heavy (non-hydrogen) atoms. The molecule has 3 aromatic rings. The molecule has 0 aliphatic carbocycles. The Morgan fingerprint density at radius 2 is 1.45 bits per heavy atom. The summed E-state index contributed by atoms with van der Waals surface area (Å²) in [4.78, 5) is 47.0. The lowest BCUT2D eigenvalue weighted by Gasteiger charge is -2.09. The Hall–Kier alpha value is -4.20. The van der Waals surface area contributed by atoms with E-state index in [0.717, 1.165) is 10.8 Å². The summed E-state index contributed by atoms with van der Waals surface area (Å²) in [7, 11) is 0. The van der Waals surface area contributed by atoms with Gasteiger partial charge >= 0.3 is 5.97 Å². The quantitative estimate of drug-likeness (QED) is 0.510. The van der Waals surface area contributed by atoms with E-state index < -0.39 is 24.4 Å². The smallest absolute Gasteiger partial charge is 0.325 e. The predicted molar refractivity (Wildman–Crippen MR) is 117 cm³/mol. The molecule has 0 fully saturated rings. The van der Waals surface area contributed by atoms with Crippen LogP contribution in [0.15, 0.2) is 66.7 Å².